The minimum Gasteiger partial charge on any atom is -0.369 e. The number of hydrogen-bond acceptors (Lipinski definition) is 3. The van der Waals surface area contributed by atoms with E-state index in [9.17, 15) is 4.79 Å². The first-order valence-corrected chi connectivity index (χ1v) is 6.43. The largest absolute Gasteiger partial charge is 0.369 e. The highest BCUT2D eigenvalue weighted by molar-refractivity contribution is 6.06. The minimum absolute atomic E-state index is 0.0596. The summed E-state index contributed by atoms with van der Waals surface area (Å²) in [7, 11) is 0. The van der Waals surface area contributed by atoms with Gasteiger partial charge in [0, 0.05) is 6.54 Å². The summed E-state index contributed by atoms with van der Waals surface area (Å²) in [6, 6.07) is 0. The lowest BCUT2D eigenvalue weighted by atomic mass is 9.91. The zero-order valence-corrected chi connectivity index (χ0v) is 11.7. The number of nitrogens with zero attached hydrogens (tertiary/aromatic N) is 2. The first-order chi connectivity index (χ1) is 7.76. The number of guanidine groups is 1. The minimum atomic E-state index is -0.644. The van der Waals surface area contributed by atoms with E-state index in [1.165, 1.54) is 0 Å². The number of carbonyl (C=O) groups is 1. The molecule has 17 heavy (non-hydrogen) atoms. The van der Waals surface area contributed by atoms with E-state index in [1.54, 1.807) is 4.90 Å². The molecule has 0 aromatic rings. The van der Waals surface area contributed by atoms with Crippen LogP contribution in [0.2, 0.25) is 0 Å². The van der Waals surface area contributed by atoms with Gasteiger partial charge in [-0.2, -0.15) is 0 Å². The van der Waals surface area contributed by atoms with Gasteiger partial charge in [-0.15, -0.1) is 0 Å². The second-order valence-corrected chi connectivity index (χ2v) is 5.98. The molecule has 0 aromatic carbocycles. The molecule has 1 aliphatic heterocycles. The third-order valence-corrected chi connectivity index (χ3v) is 3.08. The second-order valence-electron chi connectivity index (χ2n) is 5.98. The molecule has 0 saturated carbocycles. The standard InChI is InChI=1S/C13H25N3O/c1-9(2)6-7-16-11(17)13(5,8-10(3)4)15-12(16)14/h9-10H,6-8H2,1-5H3,(H2,14,15). The number of nitrogens with two attached hydrogens (primary N) is 1. The predicted molar refractivity (Wildman–Crippen MR) is 70.7 cm³/mol. The van der Waals surface area contributed by atoms with Crippen LogP contribution in [0.4, 0.5) is 0 Å². The molecule has 4 heteroatoms. The highest BCUT2D eigenvalue weighted by Crippen LogP contribution is 2.28. The first kappa shape index (κ1) is 14.0. The molecule has 98 valence electrons. The van der Waals surface area contributed by atoms with Crippen LogP contribution in [0.5, 0.6) is 0 Å². The molecule has 4 nitrogen and oxygen atoms in total. The van der Waals surface area contributed by atoms with E-state index in [0.29, 0.717) is 24.3 Å². The third-order valence-electron chi connectivity index (χ3n) is 3.08. The van der Waals surface area contributed by atoms with Crippen molar-refractivity contribution in [3.05, 3.63) is 0 Å². The number of hydrogen-bond donors (Lipinski definition) is 1. The number of amides is 1. The molecule has 1 amide bonds. The summed E-state index contributed by atoms with van der Waals surface area (Å²) < 4.78 is 0. The van der Waals surface area contributed by atoms with Crippen molar-refractivity contribution in [2.75, 3.05) is 6.54 Å². The number of aliphatic imine (C=N–C) groups is 1. The molecule has 1 heterocycles. The van der Waals surface area contributed by atoms with Crippen LogP contribution < -0.4 is 5.73 Å². The van der Waals surface area contributed by atoms with Crippen molar-refractivity contribution in [1.82, 2.24) is 4.90 Å². The van der Waals surface area contributed by atoms with E-state index in [0.717, 1.165) is 12.8 Å². The quantitative estimate of drug-likeness (QED) is 0.797. The third kappa shape index (κ3) is 3.20. The van der Waals surface area contributed by atoms with Crippen LogP contribution in [0.1, 0.15) is 47.5 Å². The van der Waals surface area contributed by atoms with Gasteiger partial charge in [0.05, 0.1) is 0 Å². The summed E-state index contributed by atoms with van der Waals surface area (Å²) in [6.07, 6.45) is 1.71. The van der Waals surface area contributed by atoms with Gasteiger partial charge in [-0.3, -0.25) is 9.69 Å². The fourth-order valence-corrected chi connectivity index (χ4v) is 2.29. The predicted octanol–water partition coefficient (Wildman–Crippen LogP) is 1.99. The molecule has 0 fully saturated rings. The van der Waals surface area contributed by atoms with Crippen LogP contribution in [0.15, 0.2) is 4.99 Å². The van der Waals surface area contributed by atoms with Gasteiger partial charge in [-0.25, -0.2) is 4.99 Å². The lowest BCUT2D eigenvalue weighted by molar-refractivity contribution is -0.131. The smallest absolute Gasteiger partial charge is 0.257 e. The Hall–Kier alpha value is -1.06. The van der Waals surface area contributed by atoms with E-state index in [1.807, 2.05) is 6.92 Å². The Kier molecular flexibility index (Phi) is 4.17. The molecular formula is C13H25N3O. The Labute approximate surface area is 104 Å². The van der Waals surface area contributed by atoms with Gasteiger partial charge in [-0.05, 0) is 31.6 Å². The maximum Gasteiger partial charge on any atom is 0.257 e. The molecule has 1 unspecified atom stereocenters. The topological polar surface area (TPSA) is 58.7 Å². The van der Waals surface area contributed by atoms with Crippen LogP contribution in [-0.4, -0.2) is 28.9 Å². The maximum absolute atomic E-state index is 12.3. The van der Waals surface area contributed by atoms with Gasteiger partial charge in [0.1, 0.15) is 5.54 Å². The van der Waals surface area contributed by atoms with Crippen LogP contribution >= 0.6 is 0 Å². The molecule has 1 rings (SSSR count). The van der Waals surface area contributed by atoms with Crippen molar-refractivity contribution in [3.8, 4) is 0 Å². The Morgan fingerprint density at radius 2 is 1.88 bits per heavy atom. The molecule has 2 N–H and O–H groups in total. The van der Waals surface area contributed by atoms with E-state index in [4.69, 9.17) is 5.73 Å². The normalized spacial score (nSPS) is 25.0. The molecule has 1 aliphatic rings. The van der Waals surface area contributed by atoms with E-state index >= 15 is 0 Å². The molecular weight excluding hydrogens is 214 g/mol. The van der Waals surface area contributed by atoms with Crippen molar-refractivity contribution in [2.24, 2.45) is 22.6 Å². The summed E-state index contributed by atoms with van der Waals surface area (Å²) in [4.78, 5) is 18.3. The Morgan fingerprint density at radius 1 is 1.29 bits per heavy atom. The average molecular weight is 239 g/mol. The maximum atomic E-state index is 12.3. The van der Waals surface area contributed by atoms with E-state index in [-0.39, 0.29) is 5.91 Å². The van der Waals surface area contributed by atoms with Crippen LogP contribution in [0.25, 0.3) is 0 Å². The van der Waals surface area contributed by atoms with Gasteiger partial charge < -0.3 is 5.73 Å². The summed E-state index contributed by atoms with van der Waals surface area (Å²) in [6.45, 7) is 11.0. The molecule has 1 atom stereocenters. The SMILES string of the molecule is CC(C)CCN1C(=O)C(C)(CC(C)C)N=C1N. The molecule has 0 radical (unpaired) electrons. The van der Waals surface area contributed by atoms with Crippen molar-refractivity contribution in [3.63, 3.8) is 0 Å². The molecule has 0 bridgehead atoms. The zero-order chi connectivity index (χ0) is 13.2. The van der Waals surface area contributed by atoms with Crippen molar-refractivity contribution < 1.29 is 4.79 Å². The lowest BCUT2D eigenvalue weighted by Gasteiger charge is -2.24. The fraction of sp³-hybridized carbons (Fsp3) is 0.846. The van der Waals surface area contributed by atoms with Crippen molar-refractivity contribution in [1.29, 1.82) is 0 Å². The van der Waals surface area contributed by atoms with Gasteiger partial charge >= 0.3 is 0 Å². The van der Waals surface area contributed by atoms with Crippen LogP contribution in [0.3, 0.4) is 0 Å². The van der Waals surface area contributed by atoms with E-state index in [2.05, 4.69) is 32.7 Å². The van der Waals surface area contributed by atoms with Gasteiger partial charge in [0.2, 0.25) is 0 Å². The fourth-order valence-electron chi connectivity index (χ4n) is 2.29. The number of rotatable bonds is 5. The Balaban J connectivity index is 2.73. The highest BCUT2D eigenvalue weighted by atomic mass is 16.2. The molecule has 0 spiro atoms. The zero-order valence-electron chi connectivity index (χ0n) is 11.7. The Bertz CT molecular complexity index is 323. The summed E-state index contributed by atoms with van der Waals surface area (Å²) >= 11 is 0. The van der Waals surface area contributed by atoms with Gasteiger partial charge in [0.25, 0.3) is 5.91 Å². The van der Waals surface area contributed by atoms with E-state index < -0.39 is 5.54 Å². The van der Waals surface area contributed by atoms with Gasteiger partial charge in [0.15, 0.2) is 5.96 Å². The van der Waals surface area contributed by atoms with Crippen molar-refractivity contribution in [2.45, 2.75) is 53.0 Å². The number of carbonyl (C=O) groups excluding carboxylic acids is 1. The molecule has 0 aromatic heterocycles. The van der Waals surface area contributed by atoms with Crippen LogP contribution in [-0.2, 0) is 4.79 Å². The van der Waals surface area contributed by atoms with Crippen molar-refractivity contribution >= 4 is 11.9 Å². The monoisotopic (exact) mass is 239 g/mol. The van der Waals surface area contributed by atoms with Crippen LogP contribution in [0, 0.1) is 11.8 Å². The average Bonchev–Trinajstić information content (AvgIpc) is 2.34. The molecule has 0 saturated heterocycles. The lowest BCUT2D eigenvalue weighted by Crippen LogP contribution is -2.44. The summed E-state index contributed by atoms with van der Waals surface area (Å²) in [5.41, 5.74) is 5.22. The Morgan fingerprint density at radius 3 is 2.35 bits per heavy atom. The highest BCUT2D eigenvalue weighted by Gasteiger charge is 2.43. The summed E-state index contributed by atoms with van der Waals surface area (Å²) in [5, 5.41) is 0. The van der Waals surface area contributed by atoms with Gasteiger partial charge in [-0.1, -0.05) is 27.7 Å². The summed E-state index contributed by atoms with van der Waals surface area (Å²) in [5.74, 6) is 1.45. The second kappa shape index (κ2) is 5.07. The molecule has 0 aliphatic carbocycles. The first-order valence-electron chi connectivity index (χ1n) is 6.43.